The average Bonchev–Trinajstić information content (AvgIpc) is 3.19. The van der Waals surface area contributed by atoms with Gasteiger partial charge < -0.3 is 15.1 Å². The number of imidazole rings is 1. The fraction of sp³-hybridized carbons (Fsp3) is 0.286. The molecule has 1 aromatic carbocycles. The number of aryl methyl sites for hydroxylation is 1. The summed E-state index contributed by atoms with van der Waals surface area (Å²) in [6.07, 6.45) is 5.33. The highest BCUT2D eigenvalue weighted by molar-refractivity contribution is 5.74. The predicted octanol–water partition coefficient (Wildman–Crippen LogP) is 2.75. The average molecular weight is 394 g/mol. The lowest BCUT2D eigenvalue weighted by molar-refractivity contribution is 0.194. The number of halogens is 1. The van der Waals surface area contributed by atoms with Crippen LogP contribution in [0.1, 0.15) is 11.4 Å². The van der Waals surface area contributed by atoms with E-state index in [-0.39, 0.29) is 11.8 Å². The van der Waals surface area contributed by atoms with Gasteiger partial charge in [0.2, 0.25) is 0 Å². The molecule has 150 valence electrons. The topological polar surface area (TPSA) is 66.3 Å². The van der Waals surface area contributed by atoms with Crippen LogP contribution in [0.15, 0.2) is 55.0 Å². The number of carbonyl (C=O) groups is 1. The molecule has 0 atom stereocenters. The Morgan fingerprint density at radius 2 is 1.83 bits per heavy atom. The van der Waals surface area contributed by atoms with Gasteiger partial charge in [-0.2, -0.15) is 0 Å². The van der Waals surface area contributed by atoms with Crippen LogP contribution >= 0.6 is 0 Å². The van der Waals surface area contributed by atoms with Gasteiger partial charge in [0.05, 0.1) is 0 Å². The lowest BCUT2D eigenvalue weighted by Crippen LogP contribution is -2.51. The molecule has 0 radical (unpaired) electrons. The number of benzene rings is 1. The second kappa shape index (κ2) is 8.30. The zero-order valence-corrected chi connectivity index (χ0v) is 16.3. The summed E-state index contributed by atoms with van der Waals surface area (Å²) in [5, 5.41) is 2.98. The summed E-state index contributed by atoms with van der Waals surface area (Å²) < 4.78 is 15.0. The molecule has 1 fully saturated rings. The minimum absolute atomic E-state index is 0.0825. The fourth-order valence-corrected chi connectivity index (χ4v) is 3.43. The number of hydrogen-bond acceptors (Lipinski definition) is 4. The molecule has 3 heterocycles. The van der Waals surface area contributed by atoms with Crippen LogP contribution in [0.5, 0.6) is 0 Å². The molecule has 0 unspecified atom stereocenters. The van der Waals surface area contributed by atoms with E-state index in [1.807, 2.05) is 34.7 Å². The van der Waals surface area contributed by atoms with Crippen molar-refractivity contribution in [3.63, 3.8) is 0 Å². The van der Waals surface area contributed by atoms with Gasteiger partial charge in [-0.1, -0.05) is 0 Å². The Kier molecular flexibility index (Phi) is 5.41. The molecule has 3 aromatic rings. The molecule has 2 aromatic heterocycles. The minimum Gasteiger partial charge on any atom is -0.368 e. The smallest absolute Gasteiger partial charge is 0.317 e. The van der Waals surface area contributed by atoms with Crippen molar-refractivity contribution in [2.24, 2.45) is 0 Å². The van der Waals surface area contributed by atoms with Crippen LogP contribution < -0.4 is 10.2 Å². The van der Waals surface area contributed by atoms with E-state index in [0.717, 1.165) is 36.0 Å². The van der Waals surface area contributed by atoms with Crippen molar-refractivity contribution in [2.45, 2.75) is 13.5 Å². The SMILES string of the molecule is Cc1nccn1-c1cc(CNC(=O)N2CCN(c3ccc(F)cc3)CC2)ccn1. The summed E-state index contributed by atoms with van der Waals surface area (Å²) in [6.45, 7) is 5.04. The van der Waals surface area contributed by atoms with Crippen molar-refractivity contribution in [1.82, 2.24) is 24.8 Å². The van der Waals surface area contributed by atoms with E-state index in [9.17, 15) is 9.18 Å². The number of amides is 2. The number of nitrogens with one attached hydrogen (secondary N) is 1. The van der Waals surface area contributed by atoms with Crippen LogP contribution in [0.3, 0.4) is 0 Å². The van der Waals surface area contributed by atoms with Crippen molar-refractivity contribution < 1.29 is 9.18 Å². The van der Waals surface area contributed by atoms with Crippen molar-refractivity contribution in [1.29, 1.82) is 0 Å². The molecule has 2 amide bonds. The van der Waals surface area contributed by atoms with Crippen LogP contribution in [0, 0.1) is 12.7 Å². The van der Waals surface area contributed by atoms with Gasteiger partial charge in [-0.05, 0) is 48.9 Å². The van der Waals surface area contributed by atoms with Crippen molar-refractivity contribution >= 4 is 11.7 Å². The third kappa shape index (κ3) is 4.37. The number of aromatic nitrogens is 3. The highest BCUT2D eigenvalue weighted by Crippen LogP contribution is 2.17. The monoisotopic (exact) mass is 394 g/mol. The van der Waals surface area contributed by atoms with Crippen molar-refractivity contribution in [3.8, 4) is 5.82 Å². The lowest BCUT2D eigenvalue weighted by Gasteiger charge is -2.36. The van der Waals surface area contributed by atoms with Gasteiger partial charge in [0, 0.05) is 57.0 Å². The number of anilines is 1. The molecule has 1 aliphatic rings. The summed E-state index contributed by atoms with van der Waals surface area (Å²) in [5.41, 5.74) is 1.95. The first-order chi connectivity index (χ1) is 14.1. The van der Waals surface area contributed by atoms with Gasteiger partial charge >= 0.3 is 6.03 Å². The quantitative estimate of drug-likeness (QED) is 0.739. The molecule has 1 saturated heterocycles. The van der Waals surface area contributed by atoms with E-state index in [4.69, 9.17) is 0 Å². The highest BCUT2D eigenvalue weighted by atomic mass is 19.1. The standard InChI is InChI=1S/C21H23FN6O/c1-16-23-8-9-28(16)20-14-17(6-7-24-20)15-25-21(29)27-12-10-26(11-13-27)19-4-2-18(22)3-5-19/h2-9,14H,10-13,15H2,1H3,(H,25,29). The Balaban J connectivity index is 1.31. The summed E-state index contributed by atoms with van der Waals surface area (Å²) in [5.74, 6) is 1.40. The number of nitrogens with zero attached hydrogens (tertiary/aromatic N) is 5. The minimum atomic E-state index is -0.241. The molecule has 29 heavy (non-hydrogen) atoms. The van der Waals surface area contributed by atoms with E-state index >= 15 is 0 Å². The molecule has 4 rings (SSSR count). The third-order valence-corrected chi connectivity index (χ3v) is 5.08. The predicted molar refractivity (Wildman–Crippen MR) is 109 cm³/mol. The van der Waals surface area contributed by atoms with Crippen molar-refractivity contribution in [2.75, 3.05) is 31.1 Å². The zero-order valence-electron chi connectivity index (χ0n) is 16.3. The largest absolute Gasteiger partial charge is 0.368 e. The molecular formula is C21H23FN6O. The number of piperazine rings is 1. The van der Waals surface area contributed by atoms with Crippen LogP contribution in [-0.4, -0.2) is 51.6 Å². The van der Waals surface area contributed by atoms with Gasteiger partial charge in [0.25, 0.3) is 0 Å². The summed E-state index contributed by atoms with van der Waals surface area (Å²) in [6, 6.07) is 10.2. The summed E-state index contributed by atoms with van der Waals surface area (Å²) >= 11 is 0. The van der Waals surface area contributed by atoms with Gasteiger partial charge in [0.1, 0.15) is 17.5 Å². The van der Waals surface area contributed by atoms with E-state index < -0.39 is 0 Å². The Bertz CT molecular complexity index is 979. The molecule has 0 aliphatic carbocycles. The number of rotatable bonds is 4. The zero-order chi connectivity index (χ0) is 20.2. The van der Waals surface area contributed by atoms with Gasteiger partial charge in [-0.15, -0.1) is 0 Å². The molecule has 8 heteroatoms. The van der Waals surface area contributed by atoms with Gasteiger partial charge in [-0.3, -0.25) is 4.57 Å². The number of pyridine rings is 1. The molecule has 7 nitrogen and oxygen atoms in total. The van der Waals surface area contributed by atoms with Gasteiger partial charge in [0.15, 0.2) is 0 Å². The molecule has 0 saturated carbocycles. The van der Waals surface area contributed by atoms with Crippen molar-refractivity contribution in [3.05, 3.63) is 72.2 Å². The second-order valence-corrected chi connectivity index (χ2v) is 6.98. The maximum atomic E-state index is 13.1. The first-order valence-corrected chi connectivity index (χ1v) is 9.59. The summed E-state index contributed by atoms with van der Waals surface area (Å²) in [4.78, 5) is 25.1. The molecule has 0 spiro atoms. The fourth-order valence-electron chi connectivity index (χ4n) is 3.43. The van der Waals surface area contributed by atoms with E-state index in [1.54, 1.807) is 24.5 Å². The number of carbonyl (C=O) groups excluding carboxylic acids is 1. The van der Waals surface area contributed by atoms with E-state index in [2.05, 4.69) is 20.2 Å². The van der Waals surface area contributed by atoms with Crippen LogP contribution in [0.25, 0.3) is 5.82 Å². The lowest BCUT2D eigenvalue weighted by atomic mass is 10.2. The van der Waals surface area contributed by atoms with Crippen LogP contribution in [0.4, 0.5) is 14.9 Å². The number of hydrogen-bond donors (Lipinski definition) is 1. The Morgan fingerprint density at radius 3 is 2.52 bits per heavy atom. The normalized spacial score (nSPS) is 14.1. The first-order valence-electron chi connectivity index (χ1n) is 9.59. The van der Waals surface area contributed by atoms with Gasteiger partial charge in [-0.25, -0.2) is 19.2 Å². The first kappa shape index (κ1) is 18.9. The summed E-state index contributed by atoms with van der Waals surface area (Å²) in [7, 11) is 0. The Morgan fingerprint density at radius 1 is 1.07 bits per heavy atom. The molecule has 0 bridgehead atoms. The van der Waals surface area contributed by atoms with E-state index in [0.29, 0.717) is 19.6 Å². The second-order valence-electron chi connectivity index (χ2n) is 6.98. The number of urea groups is 1. The Hall–Kier alpha value is -3.42. The molecular weight excluding hydrogens is 371 g/mol. The van der Waals surface area contributed by atoms with E-state index in [1.165, 1.54) is 12.1 Å². The molecule has 1 aliphatic heterocycles. The third-order valence-electron chi connectivity index (χ3n) is 5.08. The maximum absolute atomic E-state index is 13.1. The van der Waals surface area contributed by atoms with Crippen LogP contribution in [0.2, 0.25) is 0 Å². The maximum Gasteiger partial charge on any atom is 0.317 e. The van der Waals surface area contributed by atoms with Crippen LogP contribution in [-0.2, 0) is 6.54 Å². The Labute approximate surface area is 168 Å². The highest BCUT2D eigenvalue weighted by Gasteiger charge is 2.21. The molecule has 1 N–H and O–H groups in total.